The Labute approximate surface area is 75.5 Å². The molecule has 2 N–H and O–H groups in total. The molecular formula is C7H5BrF3N. The van der Waals surface area contributed by atoms with Crippen molar-refractivity contribution in [3.63, 3.8) is 0 Å². The monoisotopic (exact) mass is 239 g/mol. The van der Waals surface area contributed by atoms with Gasteiger partial charge < -0.3 is 5.73 Å². The molecule has 0 spiro atoms. The molecule has 0 aliphatic heterocycles. The molecule has 0 fully saturated rings. The first-order valence-electron chi connectivity index (χ1n) is 3.03. The van der Waals surface area contributed by atoms with Crippen LogP contribution in [-0.2, 0) is 6.18 Å². The van der Waals surface area contributed by atoms with Crippen molar-refractivity contribution < 1.29 is 13.2 Å². The fourth-order valence-electron chi connectivity index (χ4n) is 0.761. The van der Waals surface area contributed by atoms with Crippen LogP contribution in [0.15, 0.2) is 22.7 Å². The second kappa shape index (κ2) is 2.97. The maximum absolute atomic E-state index is 12.1. The third-order valence-electron chi connectivity index (χ3n) is 1.30. The Hall–Kier alpha value is -0.710. The van der Waals surface area contributed by atoms with E-state index in [1.54, 1.807) is 0 Å². The summed E-state index contributed by atoms with van der Waals surface area (Å²) >= 11 is 2.78. The van der Waals surface area contributed by atoms with Crippen molar-refractivity contribution in [3.8, 4) is 0 Å². The molecule has 0 unspecified atom stereocenters. The smallest absolute Gasteiger partial charge is 0.399 e. The molecule has 1 aromatic rings. The van der Waals surface area contributed by atoms with Gasteiger partial charge in [0.2, 0.25) is 0 Å². The Balaban J connectivity index is 3.19. The number of nitrogens with two attached hydrogens (primary N) is 1. The van der Waals surface area contributed by atoms with Crippen LogP contribution in [0.5, 0.6) is 0 Å². The molecule has 0 radical (unpaired) electrons. The summed E-state index contributed by atoms with van der Waals surface area (Å²) in [5, 5.41) is 0. The Kier molecular flexibility index (Phi) is 2.32. The van der Waals surface area contributed by atoms with Gasteiger partial charge in [-0.3, -0.25) is 0 Å². The minimum absolute atomic E-state index is 0.0324. The van der Waals surface area contributed by atoms with Crippen LogP contribution in [0, 0.1) is 0 Å². The van der Waals surface area contributed by atoms with E-state index in [1.807, 2.05) is 0 Å². The highest BCUT2D eigenvalue weighted by Crippen LogP contribution is 2.35. The van der Waals surface area contributed by atoms with Crippen LogP contribution < -0.4 is 5.73 Å². The molecular weight excluding hydrogens is 235 g/mol. The van der Waals surface area contributed by atoms with E-state index in [0.717, 1.165) is 6.07 Å². The minimum atomic E-state index is -4.33. The van der Waals surface area contributed by atoms with Crippen LogP contribution in [0.2, 0.25) is 0 Å². The lowest BCUT2D eigenvalue weighted by molar-refractivity contribution is -0.138. The van der Waals surface area contributed by atoms with Crippen molar-refractivity contribution in [3.05, 3.63) is 28.2 Å². The summed E-state index contributed by atoms with van der Waals surface area (Å²) < 4.78 is 36.3. The predicted octanol–water partition coefficient (Wildman–Crippen LogP) is 3.05. The van der Waals surface area contributed by atoms with Gasteiger partial charge >= 0.3 is 6.18 Å². The average molecular weight is 240 g/mol. The maximum atomic E-state index is 12.1. The topological polar surface area (TPSA) is 26.0 Å². The number of hydrogen-bond donors (Lipinski definition) is 1. The molecule has 0 bridgehead atoms. The van der Waals surface area contributed by atoms with E-state index >= 15 is 0 Å². The third kappa shape index (κ3) is 1.91. The van der Waals surface area contributed by atoms with Crippen LogP contribution in [-0.4, -0.2) is 0 Å². The summed E-state index contributed by atoms with van der Waals surface area (Å²) in [4.78, 5) is 0. The molecule has 0 aromatic heterocycles. The highest BCUT2D eigenvalue weighted by atomic mass is 79.9. The number of hydrogen-bond acceptors (Lipinski definition) is 1. The number of rotatable bonds is 0. The molecule has 0 saturated carbocycles. The largest absolute Gasteiger partial charge is 0.417 e. The molecule has 0 amide bonds. The first-order chi connectivity index (χ1) is 5.41. The van der Waals surface area contributed by atoms with Gasteiger partial charge in [0.25, 0.3) is 0 Å². The molecule has 1 aromatic carbocycles. The number of anilines is 1. The van der Waals surface area contributed by atoms with Crippen molar-refractivity contribution in [1.82, 2.24) is 0 Å². The van der Waals surface area contributed by atoms with Gasteiger partial charge in [0, 0.05) is 10.2 Å². The summed E-state index contributed by atoms with van der Waals surface area (Å²) in [5.74, 6) is 0. The lowest BCUT2D eigenvalue weighted by Crippen LogP contribution is -2.06. The standard InChI is InChI=1S/C7H5BrF3N/c8-6-3-4(12)1-2-5(6)7(9,10)11/h1-3H,12H2. The van der Waals surface area contributed by atoms with Gasteiger partial charge in [-0.05, 0) is 18.2 Å². The first kappa shape index (κ1) is 9.38. The molecule has 1 nitrogen and oxygen atoms in total. The quantitative estimate of drug-likeness (QED) is 0.693. The van der Waals surface area contributed by atoms with Crippen LogP contribution in [0.4, 0.5) is 18.9 Å². The summed E-state index contributed by atoms with van der Waals surface area (Å²) in [5.41, 5.74) is 4.86. The second-order valence-corrected chi connectivity index (χ2v) is 3.09. The third-order valence-corrected chi connectivity index (χ3v) is 1.95. The van der Waals surface area contributed by atoms with Crippen molar-refractivity contribution in [1.29, 1.82) is 0 Å². The highest BCUT2D eigenvalue weighted by molar-refractivity contribution is 9.10. The van der Waals surface area contributed by atoms with Crippen LogP contribution >= 0.6 is 15.9 Å². The molecule has 0 heterocycles. The fraction of sp³-hybridized carbons (Fsp3) is 0.143. The second-order valence-electron chi connectivity index (χ2n) is 2.24. The Bertz CT molecular complexity index is 295. The Morgan fingerprint density at radius 3 is 2.25 bits per heavy atom. The summed E-state index contributed by atoms with van der Waals surface area (Å²) in [6.45, 7) is 0. The zero-order valence-electron chi connectivity index (χ0n) is 5.82. The number of nitrogen functional groups attached to an aromatic ring is 1. The minimum Gasteiger partial charge on any atom is -0.399 e. The zero-order valence-corrected chi connectivity index (χ0v) is 7.41. The van der Waals surface area contributed by atoms with Gasteiger partial charge in [-0.25, -0.2) is 0 Å². The molecule has 66 valence electrons. The highest BCUT2D eigenvalue weighted by Gasteiger charge is 2.32. The van der Waals surface area contributed by atoms with Crippen LogP contribution in [0.1, 0.15) is 5.56 Å². The molecule has 12 heavy (non-hydrogen) atoms. The predicted molar refractivity (Wildman–Crippen MR) is 43.6 cm³/mol. The van der Waals surface area contributed by atoms with E-state index in [1.165, 1.54) is 12.1 Å². The van der Waals surface area contributed by atoms with Gasteiger partial charge in [-0.1, -0.05) is 15.9 Å². The van der Waals surface area contributed by atoms with Gasteiger partial charge in [0.05, 0.1) is 5.56 Å². The van der Waals surface area contributed by atoms with E-state index in [4.69, 9.17) is 5.73 Å². The maximum Gasteiger partial charge on any atom is 0.417 e. The molecule has 5 heteroatoms. The zero-order chi connectivity index (χ0) is 9.35. The van der Waals surface area contributed by atoms with E-state index in [0.29, 0.717) is 5.69 Å². The van der Waals surface area contributed by atoms with Crippen molar-refractivity contribution in [2.24, 2.45) is 0 Å². The van der Waals surface area contributed by atoms with Crippen molar-refractivity contribution in [2.75, 3.05) is 5.73 Å². The number of benzene rings is 1. The van der Waals surface area contributed by atoms with Crippen LogP contribution in [0.25, 0.3) is 0 Å². The lowest BCUT2D eigenvalue weighted by Gasteiger charge is -2.08. The van der Waals surface area contributed by atoms with E-state index < -0.39 is 11.7 Å². The Morgan fingerprint density at radius 1 is 1.25 bits per heavy atom. The normalized spacial score (nSPS) is 11.7. The average Bonchev–Trinajstić information content (AvgIpc) is 1.83. The van der Waals surface area contributed by atoms with Crippen molar-refractivity contribution in [2.45, 2.75) is 6.18 Å². The van der Waals surface area contributed by atoms with E-state index in [-0.39, 0.29) is 4.47 Å². The summed E-state index contributed by atoms with van der Waals surface area (Å²) in [7, 11) is 0. The SMILES string of the molecule is Nc1ccc(C(F)(F)F)c(Br)c1. The molecule has 0 saturated heterocycles. The van der Waals surface area contributed by atoms with Gasteiger partial charge in [0.1, 0.15) is 0 Å². The number of alkyl halides is 3. The lowest BCUT2D eigenvalue weighted by atomic mass is 10.2. The first-order valence-corrected chi connectivity index (χ1v) is 3.83. The van der Waals surface area contributed by atoms with Crippen LogP contribution in [0.3, 0.4) is 0 Å². The summed E-state index contributed by atoms with van der Waals surface area (Å²) in [6, 6.07) is 3.38. The number of halogens is 4. The molecule has 0 atom stereocenters. The Morgan fingerprint density at radius 2 is 1.83 bits per heavy atom. The van der Waals surface area contributed by atoms with Gasteiger partial charge in [-0.15, -0.1) is 0 Å². The molecule has 0 aliphatic carbocycles. The fourth-order valence-corrected chi connectivity index (χ4v) is 1.38. The van der Waals surface area contributed by atoms with E-state index in [2.05, 4.69) is 15.9 Å². The van der Waals surface area contributed by atoms with E-state index in [9.17, 15) is 13.2 Å². The molecule has 0 aliphatic rings. The summed E-state index contributed by atoms with van der Waals surface area (Å²) in [6.07, 6.45) is -4.33. The van der Waals surface area contributed by atoms with Crippen molar-refractivity contribution >= 4 is 21.6 Å². The van der Waals surface area contributed by atoms with Gasteiger partial charge in [-0.2, -0.15) is 13.2 Å². The molecule has 1 rings (SSSR count). The van der Waals surface area contributed by atoms with Gasteiger partial charge in [0.15, 0.2) is 0 Å².